The van der Waals surface area contributed by atoms with E-state index in [9.17, 15) is 0 Å². The predicted molar refractivity (Wildman–Crippen MR) is 305 cm³/mol. The number of anilines is 1. The average molecular weight is 949 g/mol. The number of aryl methyl sites for hydroxylation is 1. The Balaban J connectivity index is 0.000000219. The highest BCUT2D eigenvalue weighted by atomic mass is 32.1. The van der Waals surface area contributed by atoms with Crippen LogP contribution in [0.5, 0.6) is 0 Å². The SMILES string of the molecule is C=CC.CC.CC.Cc1cccc2sc3cccc(-c4nc(-c5ccccc5)nc(-c5cccc6c5c5ccccc5n6-c5ccccc5)n4)c3c12.N=C(c1ccccc1)c1sc2ccccc2c1N. The molecule has 8 heteroatoms. The normalized spacial score (nSPS) is 10.6. The second-order valence-electron chi connectivity index (χ2n) is 15.8. The number of nitrogens with one attached hydrogen (secondary N) is 1. The number of allylic oxidation sites excluding steroid dienone is 1. The zero-order chi connectivity index (χ0) is 49.1. The Hall–Kier alpha value is -8.04. The van der Waals surface area contributed by atoms with Gasteiger partial charge in [0.2, 0.25) is 0 Å². The van der Waals surface area contributed by atoms with Crippen molar-refractivity contribution in [1.29, 1.82) is 5.41 Å². The standard InChI is InChI=1S/C40H26N4S.C15H12N2S.C3H6.2C2H6/c1-25-13-10-23-33-35(25)37-30(20-12-24-34(37)45-33)40-42-38(26-14-4-2-5-15-26)41-39(43-40)29-19-11-22-32-36(29)28-18-8-9-21-31(28)44(32)27-16-6-3-7-17-27;16-13(10-6-2-1-3-7-10)15-14(17)11-8-4-5-9-12(11)18-15;1-3-2;2*1-2/h2-24H,1H3;1-9,16H,17H2;3H,1H2,2H3;2*1-2H3. The quantitative estimate of drug-likeness (QED) is 0.128. The Kier molecular flexibility index (Phi) is 15.5. The van der Waals surface area contributed by atoms with Crippen LogP contribution in [0.3, 0.4) is 0 Å². The van der Waals surface area contributed by atoms with Crippen LogP contribution in [-0.2, 0) is 0 Å². The monoisotopic (exact) mass is 948 g/mol. The maximum atomic E-state index is 8.27. The van der Waals surface area contributed by atoms with E-state index in [4.69, 9.17) is 26.1 Å². The lowest BCUT2D eigenvalue weighted by Crippen LogP contribution is -2.01. The molecule has 0 radical (unpaired) electrons. The predicted octanol–water partition coefficient (Wildman–Crippen LogP) is 17.8. The van der Waals surface area contributed by atoms with Gasteiger partial charge in [0.05, 0.1) is 27.3 Å². The summed E-state index contributed by atoms with van der Waals surface area (Å²) in [4.78, 5) is 16.4. The Bertz CT molecular complexity index is 3720. The second-order valence-corrected chi connectivity index (χ2v) is 17.9. The fraction of sp³-hybridized carbons (Fsp3) is 0.0968. The highest BCUT2D eigenvalue weighted by molar-refractivity contribution is 7.26. The van der Waals surface area contributed by atoms with Crippen LogP contribution in [0.1, 0.15) is 50.6 Å². The van der Waals surface area contributed by atoms with Gasteiger partial charge in [0.15, 0.2) is 17.5 Å². The van der Waals surface area contributed by atoms with Gasteiger partial charge in [0.25, 0.3) is 0 Å². The third kappa shape index (κ3) is 9.52. The zero-order valence-electron chi connectivity index (χ0n) is 40.4. The topological polar surface area (TPSA) is 93.5 Å². The number of hydrogen-bond donors (Lipinski definition) is 2. The molecule has 0 atom stereocenters. The van der Waals surface area contributed by atoms with Gasteiger partial charge in [-0.1, -0.05) is 185 Å². The van der Waals surface area contributed by atoms with Crippen molar-refractivity contribution in [2.45, 2.75) is 41.5 Å². The van der Waals surface area contributed by atoms with E-state index in [2.05, 4.69) is 139 Å². The molecule has 8 aromatic carbocycles. The van der Waals surface area contributed by atoms with Crippen LogP contribution < -0.4 is 5.73 Å². The van der Waals surface area contributed by atoms with Gasteiger partial charge in [0, 0.05) is 69.0 Å². The van der Waals surface area contributed by atoms with Gasteiger partial charge < -0.3 is 10.3 Å². The Labute approximate surface area is 418 Å². The van der Waals surface area contributed by atoms with Crippen LogP contribution in [0.25, 0.3) is 91.9 Å². The highest BCUT2D eigenvalue weighted by Crippen LogP contribution is 2.43. The molecule has 0 aliphatic carbocycles. The summed E-state index contributed by atoms with van der Waals surface area (Å²) < 4.78 is 5.96. The number of hydrogen-bond acceptors (Lipinski definition) is 7. The summed E-state index contributed by atoms with van der Waals surface area (Å²) in [6.07, 6.45) is 1.75. The number of aromatic nitrogens is 4. The maximum absolute atomic E-state index is 8.27. The van der Waals surface area contributed by atoms with Gasteiger partial charge in [-0.05, 0) is 61.9 Å². The number of fused-ring (bicyclic) bond motifs is 7. The summed E-state index contributed by atoms with van der Waals surface area (Å²) in [5, 5.41) is 14.1. The van der Waals surface area contributed by atoms with Crippen molar-refractivity contribution in [3.8, 4) is 39.9 Å². The van der Waals surface area contributed by atoms with Crippen LogP contribution in [0, 0.1) is 12.3 Å². The minimum atomic E-state index is 0.495. The molecular formula is C62H56N6S2. The highest BCUT2D eigenvalue weighted by Gasteiger charge is 2.21. The third-order valence-corrected chi connectivity index (χ3v) is 13.8. The molecule has 0 saturated carbocycles. The van der Waals surface area contributed by atoms with Crippen molar-refractivity contribution in [3.05, 3.63) is 223 Å². The summed E-state index contributed by atoms with van der Waals surface area (Å²) >= 11 is 3.39. The van der Waals surface area contributed by atoms with Crippen molar-refractivity contribution >= 4 is 86.1 Å². The first-order valence-electron chi connectivity index (χ1n) is 23.7. The molecule has 70 heavy (non-hydrogen) atoms. The van der Waals surface area contributed by atoms with Gasteiger partial charge in [0.1, 0.15) is 0 Å². The molecule has 0 fully saturated rings. The Morgan fingerprint density at radius 3 is 1.66 bits per heavy atom. The lowest BCUT2D eigenvalue weighted by Gasteiger charge is -2.11. The Morgan fingerprint density at radius 2 is 1.00 bits per heavy atom. The molecule has 3 N–H and O–H groups in total. The first-order valence-corrected chi connectivity index (χ1v) is 25.4. The van der Waals surface area contributed by atoms with Crippen LogP contribution in [0.4, 0.5) is 5.69 Å². The van der Waals surface area contributed by atoms with E-state index in [0.717, 1.165) is 64.7 Å². The summed E-state index contributed by atoms with van der Waals surface area (Å²) in [5.74, 6) is 2.00. The van der Waals surface area contributed by atoms with E-state index in [0.29, 0.717) is 28.9 Å². The van der Waals surface area contributed by atoms with Crippen molar-refractivity contribution in [3.63, 3.8) is 0 Å². The van der Waals surface area contributed by atoms with E-state index in [-0.39, 0.29) is 0 Å². The molecule has 12 rings (SSSR count). The molecule has 4 aromatic heterocycles. The summed E-state index contributed by atoms with van der Waals surface area (Å²) in [6.45, 7) is 15.4. The molecule has 0 saturated heterocycles. The summed E-state index contributed by atoms with van der Waals surface area (Å²) in [6, 6.07) is 66.5. The van der Waals surface area contributed by atoms with Crippen LogP contribution in [0.2, 0.25) is 0 Å². The minimum absolute atomic E-state index is 0.495. The molecule has 12 aromatic rings. The van der Waals surface area contributed by atoms with E-state index in [1.807, 2.05) is 119 Å². The smallest absolute Gasteiger partial charge is 0.164 e. The van der Waals surface area contributed by atoms with Crippen LogP contribution in [0.15, 0.2) is 207 Å². The van der Waals surface area contributed by atoms with E-state index in [1.165, 1.54) is 25.7 Å². The minimum Gasteiger partial charge on any atom is -0.397 e. The van der Waals surface area contributed by atoms with Gasteiger partial charge in [-0.2, -0.15) is 0 Å². The van der Waals surface area contributed by atoms with Gasteiger partial charge in [-0.25, -0.2) is 15.0 Å². The zero-order valence-corrected chi connectivity index (χ0v) is 42.1. The Morgan fingerprint density at radius 1 is 0.514 bits per heavy atom. The summed E-state index contributed by atoms with van der Waals surface area (Å²) in [7, 11) is 0. The number of benzene rings is 8. The van der Waals surface area contributed by atoms with E-state index in [1.54, 1.807) is 17.4 Å². The lowest BCUT2D eigenvalue weighted by atomic mass is 10.0. The first-order chi connectivity index (χ1) is 34.4. The van der Waals surface area contributed by atoms with E-state index >= 15 is 0 Å². The number of nitrogen functional groups attached to an aromatic ring is 1. The van der Waals surface area contributed by atoms with Crippen molar-refractivity contribution < 1.29 is 0 Å². The van der Waals surface area contributed by atoms with E-state index < -0.39 is 0 Å². The number of para-hydroxylation sites is 2. The largest absolute Gasteiger partial charge is 0.397 e. The molecule has 0 unspecified atom stereocenters. The van der Waals surface area contributed by atoms with Gasteiger partial charge >= 0.3 is 0 Å². The average Bonchev–Trinajstić information content (AvgIpc) is 4.10. The van der Waals surface area contributed by atoms with Crippen LogP contribution >= 0.6 is 22.7 Å². The number of rotatable bonds is 6. The first kappa shape index (κ1) is 48.4. The maximum Gasteiger partial charge on any atom is 0.164 e. The number of nitrogens with two attached hydrogens (primary N) is 1. The van der Waals surface area contributed by atoms with Crippen molar-refractivity contribution in [2.75, 3.05) is 5.73 Å². The second kappa shape index (κ2) is 22.4. The number of thiophene rings is 2. The van der Waals surface area contributed by atoms with Crippen molar-refractivity contribution in [2.24, 2.45) is 0 Å². The molecule has 0 aliphatic heterocycles. The molecule has 346 valence electrons. The molecule has 0 amide bonds. The molecule has 0 aliphatic rings. The molecular weight excluding hydrogens is 893 g/mol. The number of nitrogens with zero attached hydrogens (tertiary/aromatic N) is 4. The summed E-state index contributed by atoms with van der Waals surface area (Å²) in [5.41, 5.74) is 15.8. The van der Waals surface area contributed by atoms with Crippen LogP contribution in [-0.4, -0.2) is 25.2 Å². The fourth-order valence-corrected chi connectivity index (χ4v) is 10.9. The fourth-order valence-electron chi connectivity index (χ4n) is 8.61. The molecule has 6 nitrogen and oxygen atoms in total. The lowest BCUT2D eigenvalue weighted by molar-refractivity contribution is 1.08. The van der Waals surface area contributed by atoms with Gasteiger partial charge in [-0.15, -0.1) is 29.3 Å². The third-order valence-electron chi connectivity index (χ3n) is 11.5. The molecule has 4 heterocycles. The molecule has 0 bridgehead atoms. The van der Waals surface area contributed by atoms with Gasteiger partial charge in [-0.3, -0.25) is 5.41 Å². The molecule has 0 spiro atoms. The van der Waals surface area contributed by atoms with Crippen molar-refractivity contribution in [1.82, 2.24) is 19.5 Å².